The minimum atomic E-state index is -0.355. The van der Waals surface area contributed by atoms with Gasteiger partial charge in [-0.05, 0) is 38.5 Å². The van der Waals surface area contributed by atoms with E-state index in [0.29, 0.717) is 22.7 Å². The maximum Gasteiger partial charge on any atom is 0.277 e. The first-order valence-corrected chi connectivity index (χ1v) is 9.92. The molecular formula is C20H23ClN7O+. The molecule has 0 fully saturated rings. The van der Waals surface area contributed by atoms with Gasteiger partial charge < -0.3 is 16.0 Å². The molecule has 0 aliphatic heterocycles. The van der Waals surface area contributed by atoms with E-state index in [-0.39, 0.29) is 17.4 Å². The fourth-order valence-corrected chi connectivity index (χ4v) is 3.91. The summed E-state index contributed by atoms with van der Waals surface area (Å²) in [6.45, 7) is 7.90. The summed E-state index contributed by atoms with van der Waals surface area (Å²) in [6, 6.07) is 5.83. The number of halogens is 1. The highest BCUT2D eigenvalue weighted by atomic mass is 35.5. The van der Waals surface area contributed by atoms with Crippen molar-refractivity contribution in [3.8, 4) is 0 Å². The number of benzene rings is 1. The van der Waals surface area contributed by atoms with Gasteiger partial charge in [0.1, 0.15) is 12.1 Å². The number of hydrogen-bond acceptors (Lipinski definition) is 4. The van der Waals surface area contributed by atoms with Crippen LogP contribution >= 0.6 is 11.6 Å². The summed E-state index contributed by atoms with van der Waals surface area (Å²) in [5.74, 6) is 0.722. The Hall–Kier alpha value is -3.13. The molecule has 0 saturated carbocycles. The first kappa shape index (κ1) is 19.2. The first-order valence-electron chi connectivity index (χ1n) is 9.54. The number of imidazole rings is 1. The molecule has 4 N–H and O–H groups in total. The van der Waals surface area contributed by atoms with Crippen molar-refractivity contribution in [3.63, 3.8) is 0 Å². The van der Waals surface area contributed by atoms with Crippen LogP contribution in [-0.4, -0.2) is 25.4 Å². The lowest BCUT2D eigenvalue weighted by atomic mass is 10.3. The number of H-pyrrole nitrogens is 1. The monoisotopic (exact) mass is 412 g/mol. The zero-order valence-electron chi connectivity index (χ0n) is 16.6. The molecule has 1 aromatic carbocycles. The standard InChI is InChI=1S/C20H22ClN7O/c1-4-27-13-7-6-12(21)8-14(13)28(5-2)15(27)10-24-20(29)17-18(22)26-19-16(25-17)11(3)9-23-19/h6-9H,4-5,10H2,1-3H3,(H3-,22,23,24,25,26,29)/p+1. The number of fused-ring (bicyclic) bond motifs is 2. The molecule has 29 heavy (non-hydrogen) atoms. The van der Waals surface area contributed by atoms with Crippen LogP contribution in [0.2, 0.25) is 5.02 Å². The number of nitrogens with one attached hydrogen (secondary N) is 2. The number of anilines is 1. The molecule has 0 spiro atoms. The van der Waals surface area contributed by atoms with Gasteiger partial charge in [0, 0.05) is 17.3 Å². The Morgan fingerprint density at radius 3 is 2.86 bits per heavy atom. The SMILES string of the molecule is CCn1c(CNC(=O)c2nc3c(C)c[nH]c3nc2N)[n+](CC)c2ccc(Cl)cc21. The van der Waals surface area contributed by atoms with Crippen molar-refractivity contribution in [3.05, 3.63) is 46.5 Å². The summed E-state index contributed by atoms with van der Waals surface area (Å²) in [7, 11) is 0. The average molecular weight is 413 g/mol. The number of rotatable bonds is 5. The van der Waals surface area contributed by atoms with Crippen molar-refractivity contribution >= 4 is 45.5 Å². The number of nitrogen functional groups attached to an aromatic ring is 1. The molecule has 0 aliphatic carbocycles. The van der Waals surface area contributed by atoms with Gasteiger partial charge >= 0.3 is 0 Å². The highest BCUT2D eigenvalue weighted by Gasteiger charge is 2.25. The molecule has 0 radical (unpaired) electrons. The number of aryl methyl sites for hydroxylation is 3. The second-order valence-corrected chi connectivity index (χ2v) is 7.28. The minimum absolute atomic E-state index is 0.100. The van der Waals surface area contributed by atoms with Crippen molar-refractivity contribution in [2.24, 2.45) is 0 Å². The van der Waals surface area contributed by atoms with Crippen molar-refractivity contribution in [2.45, 2.75) is 40.4 Å². The third-order valence-electron chi connectivity index (χ3n) is 5.12. The predicted molar refractivity (Wildman–Crippen MR) is 113 cm³/mol. The van der Waals surface area contributed by atoms with Gasteiger partial charge in [0.25, 0.3) is 11.7 Å². The summed E-state index contributed by atoms with van der Waals surface area (Å²) >= 11 is 6.20. The molecule has 150 valence electrons. The predicted octanol–water partition coefficient (Wildman–Crippen LogP) is 2.71. The number of carbonyl (C=O) groups is 1. The summed E-state index contributed by atoms with van der Waals surface area (Å²) in [6.07, 6.45) is 1.79. The van der Waals surface area contributed by atoms with E-state index in [1.807, 2.05) is 25.1 Å². The maximum atomic E-state index is 12.8. The van der Waals surface area contributed by atoms with Crippen LogP contribution in [0.25, 0.3) is 22.2 Å². The van der Waals surface area contributed by atoms with Crippen LogP contribution in [-0.2, 0) is 19.6 Å². The lowest BCUT2D eigenvalue weighted by Crippen LogP contribution is -2.40. The molecule has 9 heteroatoms. The Kier molecular flexibility index (Phi) is 4.87. The first-order chi connectivity index (χ1) is 13.9. The van der Waals surface area contributed by atoms with Gasteiger partial charge in [0.2, 0.25) is 0 Å². The average Bonchev–Trinajstić information content (AvgIpc) is 3.21. The minimum Gasteiger partial charge on any atom is -0.382 e. The van der Waals surface area contributed by atoms with Gasteiger partial charge in [-0.15, -0.1) is 0 Å². The molecule has 0 aliphatic rings. The van der Waals surface area contributed by atoms with Crippen molar-refractivity contribution in [1.82, 2.24) is 24.8 Å². The normalized spacial score (nSPS) is 11.4. The number of amides is 1. The number of nitrogens with zero attached hydrogens (tertiary/aromatic N) is 4. The zero-order chi connectivity index (χ0) is 20.7. The van der Waals surface area contributed by atoms with Gasteiger partial charge in [-0.1, -0.05) is 11.6 Å². The summed E-state index contributed by atoms with van der Waals surface area (Å²) < 4.78 is 4.32. The molecule has 8 nitrogen and oxygen atoms in total. The van der Waals surface area contributed by atoms with Gasteiger partial charge in [-0.25, -0.2) is 19.1 Å². The van der Waals surface area contributed by atoms with Gasteiger partial charge in [-0.3, -0.25) is 4.79 Å². The highest BCUT2D eigenvalue weighted by Crippen LogP contribution is 2.20. The van der Waals surface area contributed by atoms with Crippen LogP contribution in [0.5, 0.6) is 0 Å². The molecule has 0 unspecified atom stereocenters. The van der Waals surface area contributed by atoms with E-state index >= 15 is 0 Å². The van der Waals surface area contributed by atoms with E-state index in [1.165, 1.54) is 0 Å². The van der Waals surface area contributed by atoms with E-state index in [9.17, 15) is 4.79 Å². The lowest BCUT2D eigenvalue weighted by Gasteiger charge is -2.07. The van der Waals surface area contributed by atoms with E-state index in [4.69, 9.17) is 17.3 Å². The third-order valence-corrected chi connectivity index (χ3v) is 5.35. The van der Waals surface area contributed by atoms with E-state index in [1.54, 1.807) is 6.20 Å². The number of aromatic amines is 1. The van der Waals surface area contributed by atoms with Crippen LogP contribution in [0.1, 0.15) is 35.7 Å². The number of aromatic nitrogens is 5. The molecule has 3 heterocycles. The lowest BCUT2D eigenvalue weighted by molar-refractivity contribution is -0.676. The topological polar surface area (TPSA) is 105 Å². The Bertz CT molecular complexity index is 1240. The maximum absolute atomic E-state index is 12.8. The summed E-state index contributed by atoms with van der Waals surface area (Å²) in [5, 5.41) is 3.63. The van der Waals surface area contributed by atoms with Crippen LogP contribution in [0.15, 0.2) is 24.4 Å². The van der Waals surface area contributed by atoms with E-state index in [2.05, 4.69) is 43.3 Å². The largest absolute Gasteiger partial charge is 0.382 e. The molecule has 4 rings (SSSR count). The Balaban J connectivity index is 1.68. The fraction of sp³-hybridized carbons (Fsp3) is 0.300. The summed E-state index contributed by atoms with van der Waals surface area (Å²) in [5.41, 5.74) is 10.3. The quantitative estimate of drug-likeness (QED) is 0.438. The van der Waals surface area contributed by atoms with Crippen molar-refractivity contribution < 1.29 is 9.36 Å². The van der Waals surface area contributed by atoms with E-state index < -0.39 is 0 Å². The number of carbonyl (C=O) groups excluding carboxylic acids is 1. The Morgan fingerprint density at radius 2 is 2.14 bits per heavy atom. The number of hydrogen-bond donors (Lipinski definition) is 3. The van der Waals surface area contributed by atoms with Crippen LogP contribution in [0.4, 0.5) is 5.82 Å². The molecule has 0 atom stereocenters. The molecule has 0 bridgehead atoms. The van der Waals surface area contributed by atoms with E-state index in [0.717, 1.165) is 35.5 Å². The molecule has 3 aromatic heterocycles. The smallest absolute Gasteiger partial charge is 0.277 e. The molecule has 0 saturated heterocycles. The van der Waals surface area contributed by atoms with Gasteiger partial charge in [-0.2, -0.15) is 0 Å². The number of nitrogens with two attached hydrogens (primary N) is 1. The fourth-order valence-electron chi connectivity index (χ4n) is 3.74. The third kappa shape index (κ3) is 3.19. The second-order valence-electron chi connectivity index (χ2n) is 6.85. The van der Waals surface area contributed by atoms with Crippen LogP contribution in [0.3, 0.4) is 0 Å². The van der Waals surface area contributed by atoms with Gasteiger partial charge in [0.15, 0.2) is 28.2 Å². The zero-order valence-corrected chi connectivity index (χ0v) is 17.3. The van der Waals surface area contributed by atoms with Crippen LogP contribution in [0, 0.1) is 6.92 Å². The second kappa shape index (κ2) is 7.36. The van der Waals surface area contributed by atoms with Crippen LogP contribution < -0.4 is 15.6 Å². The Morgan fingerprint density at radius 1 is 1.34 bits per heavy atom. The van der Waals surface area contributed by atoms with Gasteiger partial charge in [0.05, 0.1) is 13.1 Å². The molecule has 4 aromatic rings. The summed E-state index contributed by atoms with van der Waals surface area (Å²) in [4.78, 5) is 24.5. The van der Waals surface area contributed by atoms with Crippen molar-refractivity contribution in [1.29, 1.82) is 0 Å². The molecular weight excluding hydrogens is 390 g/mol. The van der Waals surface area contributed by atoms with Crippen molar-refractivity contribution in [2.75, 3.05) is 5.73 Å². The molecule has 1 amide bonds. The Labute approximate surface area is 172 Å². The highest BCUT2D eigenvalue weighted by molar-refractivity contribution is 6.31.